The Hall–Kier alpha value is -2.67. The standard InChI is InChI=1S/C19H18FN3O2S/c1-12-7-8-13(9-15(12)20)10-21-17(24)11-26-19-22-16-6-4-3-5-14(16)18(25)23(19)2/h3-9H,10-11H2,1-2H3,(H,21,24). The smallest absolute Gasteiger partial charge is 0.261 e. The second kappa shape index (κ2) is 7.70. The van der Waals surface area contributed by atoms with Crippen molar-refractivity contribution in [3.8, 4) is 0 Å². The van der Waals surface area contributed by atoms with Crippen LogP contribution in [0.5, 0.6) is 0 Å². The average molecular weight is 371 g/mol. The maximum Gasteiger partial charge on any atom is 0.261 e. The van der Waals surface area contributed by atoms with Gasteiger partial charge in [-0.3, -0.25) is 14.2 Å². The fourth-order valence-corrected chi connectivity index (χ4v) is 3.26. The summed E-state index contributed by atoms with van der Waals surface area (Å²) < 4.78 is 15.0. The molecule has 134 valence electrons. The highest BCUT2D eigenvalue weighted by Gasteiger charge is 2.11. The van der Waals surface area contributed by atoms with E-state index in [2.05, 4.69) is 10.3 Å². The van der Waals surface area contributed by atoms with E-state index in [9.17, 15) is 14.0 Å². The van der Waals surface area contributed by atoms with Crippen LogP contribution in [0.3, 0.4) is 0 Å². The first-order valence-electron chi connectivity index (χ1n) is 8.06. The van der Waals surface area contributed by atoms with Crippen LogP contribution in [-0.2, 0) is 18.4 Å². The molecular weight excluding hydrogens is 353 g/mol. The number of para-hydroxylation sites is 1. The summed E-state index contributed by atoms with van der Waals surface area (Å²) in [6.45, 7) is 1.94. The van der Waals surface area contributed by atoms with Crippen LogP contribution in [0.1, 0.15) is 11.1 Å². The number of carbonyl (C=O) groups is 1. The lowest BCUT2D eigenvalue weighted by Gasteiger charge is -2.09. The Morgan fingerprint density at radius 1 is 1.27 bits per heavy atom. The summed E-state index contributed by atoms with van der Waals surface area (Å²) >= 11 is 1.19. The monoisotopic (exact) mass is 371 g/mol. The van der Waals surface area contributed by atoms with Crippen molar-refractivity contribution in [3.05, 3.63) is 69.8 Å². The van der Waals surface area contributed by atoms with Gasteiger partial charge in [-0.1, -0.05) is 36.0 Å². The number of carbonyl (C=O) groups excluding carboxylic acids is 1. The van der Waals surface area contributed by atoms with E-state index in [-0.39, 0.29) is 29.6 Å². The number of hydrogen-bond donors (Lipinski definition) is 1. The molecule has 0 bridgehead atoms. The fraction of sp³-hybridized carbons (Fsp3) is 0.211. The van der Waals surface area contributed by atoms with Gasteiger partial charge in [0, 0.05) is 13.6 Å². The second-order valence-corrected chi connectivity index (χ2v) is 6.87. The number of fused-ring (bicyclic) bond motifs is 1. The molecule has 1 N–H and O–H groups in total. The zero-order chi connectivity index (χ0) is 18.7. The molecule has 0 radical (unpaired) electrons. The summed E-state index contributed by atoms with van der Waals surface area (Å²) in [4.78, 5) is 28.8. The number of aromatic nitrogens is 2. The molecule has 0 saturated heterocycles. The molecule has 26 heavy (non-hydrogen) atoms. The fourth-order valence-electron chi connectivity index (χ4n) is 2.45. The molecule has 1 heterocycles. The summed E-state index contributed by atoms with van der Waals surface area (Å²) in [6.07, 6.45) is 0. The minimum atomic E-state index is -0.290. The Morgan fingerprint density at radius 2 is 2.04 bits per heavy atom. The zero-order valence-corrected chi connectivity index (χ0v) is 15.3. The molecule has 0 aliphatic heterocycles. The van der Waals surface area contributed by atoms with E-state index in [0.717, 1.165) is 0 Å². The maximum atomic E-state index is 13.5. The van der Waals surface area contributed by atoms with E-state index in [1.807, 2.05) is 6.07 Å². The van der Waals surface area contributed by atoms with E-state index in [1.165, 1.54) is 22.4 Å². The summed E-state index contributed by atoms with van der Waals surface area (Å²) in [6, 6.07) is 12.0. The van der Waals surface area contributed by atoms with Crippen molar-refractivity contribution >= 4 is 28.6 Å². The van der Waals surface area contributed by atoms with E-state index >= 15 is 0 Å². The van der Waals surface area contributed by atoms with Gasteiger partial charge >= 0.3 is 0 Å². The van der Waals surface area contributed by atoms with Gasteiger partial charge in [-0.2, -0.15) is 0 Å². The van der Waals surface area contributed by atoms with Crippen LogP contribution in [0, 0.1) is 12.7 Å². The van der Waals surface area contributed by atoms with Crippen molar-refractivity contribution in [1.82, 2.24) is 14.9 Å². The number of halogens is 1. The Morgan fingerprint density at radius 3 is 2.81 bits per heavy atom. The van der Waals surface area contributed by atoms with Gasteiger partial charge < -0.3 is 5.32 Å². The molecule has 0 aliphatic rings. The molecule has 0 saturated carbocycles. The van der Waals surface area contributed by atoms with Crippen molar-refractivity contribution in [2.24, 2.45) is 7.05 Å². The van der Waals surface area contributed by atoms with Gasteiger partial charge in [0.25, 0.3) is 5.56 Å². The predicted octanol–water partition coefficient (Wildman–Crippen LogP) is 2.79. The Balaban J connectivity index is 1.64. The first kappa shape index (κ1) is 18.1. The SMILES string of the molecule is Cc1ccc(CNC(=O)CSc2nc3ccccc3c(=O)n2C)cc1F. The summed E-state index contributed by atoms with van der Waals surface area (Å²) in [5.74, 6) is -0.382. The zero-order valence-electron chi connectivity index (χ0n) is 14.5. The van der Waals surface area contributed by atoms with E-state index < -0.39 is 0 Å². The minimum Gasteiger partial charge on any atom is -0.351 e. The number of nitrogens with one attached hydrogen (secondary N) is 1. The summed E-state index contributed by atoms with van der Waals surface area (Å²) in [5, 5.41) is 3.77. The molecular formula is C19H18FN3O2S. The molecule has 3 rings (SSSR count). The van der Waals surface area contributed by atoms with Crippen molar-refractivity contribution in [1.29, 1.82) is 0 Å². The van der Waals surface area contributed by atoms with Crippen molar-refractivity contribution in [3.63, 3.8) is 0 Å². The largest absolute Gasteiger partial charge is 0.351 e. The first-order chi connectivity index (χ1) is 12.5. The summed E-state index contributed by atoms with van der Waals surface area (Å²) in [5.41, 5.74) is 1.73. The van der Waals surface area contributed by atoms with E-state index in [4.69, 9.17) is 0 Å². The predicted molar refractivity (Wildman–Crippen MR) is 101 cm³/mol. The maximum absolute atomic E-state index is 13.5. The van der Waals surface area contributed by atoms with Crippen LogP contribution in [0.15, 0.2) is 52.4 Å². The van der Waals surface area contributed by atoms with Gasteiger partial charge in [-0.25, -0.2) is 9.37 Å². The van der Waals surface area contributed by atoms with Gasteiger partial charge in [0.15, 0.2) is 5.16 Å². The lowest BCUT2D eigenvalue weighted by Crippen LogP contribution is -2.26. The third kappa shape index (κ3) is 3.94. The van der Waals surface area contributed by atoms with Crippen molar-refractivity contribution in [2.75, 3.05) is 5.75 Å². The number of benzene rings is 2. The molecule has 1 aromatic heterocycles. The van der Waals surface area contributed by atoms with Crippen LogP contribution in [0.2, 0.25) is 0 Å². The second-order valence-electron chi connectivity index (χ2n) is 5.92. The molecule has 0 aliphatic carbocycles. The highest BCUT2D eigenvalue weighted by molar-refractivity contribution is 7.99. The van der Waals surface area contributed by atoms with Crippen LogP contribution in [0.4, 0.5) is 4.39 Å². The average Bonchev–Trinajstić information content (AvgIpc) is 2.64. The minimum absolute atomic E-state index is 0.118. The molecule has 0 unspecified atom stereocenters. The highest BCUT2D eigenvalue weighted by Crippen LogP contribution is 2.16. The van der Waals surface area contributed by atoms with E-state index in [0.29, 0.717) is 27.2 Å². The van der Waals surface area contributed by atoms with Gasteiger partial charge in [-0.05, 0) is 36.2 Å². The molecule has 3 aromatic rings. The number of hydrogen-bond acceptors (Lipinski definition) is 4. The summed E-state index contributed by atoms with van der Waals surface area (Å²) in [7, 11) is 1.64. The molecule has 5 nitrogen and oxygen atoms in total. The molecule has 0 fully saturated rings. The van der Waals surface area contributed by atoms with Gasteiger partial charge in [0.2, 0.25) is 5.91 Å². The topological polar surface area (TPSA) is 64.0 Å². The molecule has 1 amide bonds. The van der Waals surface area contributed by atoms with Crippen LogP contribution < -0.4 is 10.9 Å². The Kier molecular flexibility index (Phi) is 5.37. The molecule has 0 atom stereocenters. The normalized spacial score (nSPS) is 10.9. The Labute approximate surface area is 154 Å². The quantitative estimate of drug-likeness (QED) is 0.553. The van der Waals surface area contributed by atoms with Crippen LogP contribution in [0.25, 0.3) is 10.9 Å². The lowest BCUT2D eigenvalue weighted by molar-refractivity contribution is -0.118. The number of thioether (sulfide) groups is 1. The number of aryl methyl sites for hydroxylation is 1. The van der Waals surface area contributed by atoms with Crippen molar-refractivity contribution < 1.29 is 9.18 Å². The third-order valence-corrected chi connectivity index (χ3v) is 5.03. The number of amides is 1. The Bertz CT molecular complexity index is 1030. The van der Waals surface area contributed by atoms with E-state index in [1.54, 1.807) is 44.3 Å². The van der Waals surface area contributed by atoms with Gasteiger partial charge in [-0.15, -0.1) is 0 Å². The molecule has 2 aromatic carbocycles. The molecule has 0 spiro atoms. The van der Waals surface area contributed by atoms with Crippen LogP contribution >= 0.6 is 11.8 Å². The van der Waals surface area contributed by atoms with Crippen molar-refractivity contribution in [2.45, 2.75) is 18.6 Å². The molecule has 7 heteroatoms. The third-order valence-electron chi connectivity index (χ3n) is 4.00. The van der Waals surface area contributed by atoms with Crippen LogP contribution in [-0.4, -0.2) is 21.2 Å². The van der Waals surface area contributed by atoms with Gasteiger partial charge in [0.05, 0.1) is 16.7 Å². The highest BCUT2D eigenvalue weighted by atomic mass is 32.2. The number of rotatable bonds is 5. The van der Waals surface area contributed by atoms with Gasteiger partial charge in [0.1, 0.15) is 5.82 Å². The lowest BCUT2D eigenvalue weighted by atomic mass is 10.1. The first-order valence-corrected chi connectivity index (χ1v) is 9.04. The number of nitrogens with zero attached hydrogens (tertiary/aromatic N) is 2.